The number of rotatable bonds is 7. The van der Waals surface area contributed by atoms with Gasteiger partial charge in [0, 0.05) is 43.2 Å². The van der Waals surface area contributed by atoms with Crippen LogP contribution in [0.5, 0.6) is 0 Å². The molecule has 2 aromatic heterocycles. The summed E-state index contributed by atoms with van der Waals surface area (Å²) in [5.74, 6) is 0.885. The molecule has 0 radical (unpaired) electrons. The molecule has 0 saturated carbocycles. The second-order valence-corrected chi connectivity index (χ2v) is 7.71. The molecule has 1 saturated heterocycles. The lowest BCUT2D eigenvalue weighted by molar-refractivity contribution is 0.0685. The molecule has 3 aromatic rings. The highest BCUT2D eigenvalue weighted by Crippen LogP contribution is 2.24. The van der Waals surface area contributed by atoms with Gasteiger partial charge in [0.15, 0.2) is 0 Å². The van der Waals surface area contributed by atoms with Crippen molar-refractivity contribution in [1.82, 2.24) is 24.9 Å². The highest BCUT2D eigenvalue weighted by Gasteiger charge is 2.23. The fraction of sp³-hybridized carbons (Fsp3) is 0.391. The molecule has 0 unspecified atom stereocenters. The first kappa shape index (κ1) is 19.3. The smallest absolute Gasteiger partial charge is 0.253 e. The van der Waals surface area contributed by atoms with Gasteiger partial charge in [-0.2, -0.15) is 0 Å². The Balaban J connectivity index is 1.16. The zero-order chi connectivity index (χ0) is 19.9. The molecule has 0 atom stereocenters. The first-order valence-electron chi connectivity index (χ1n) is 10.4. The second kappa shape index (κ2) is 9.45. The van der Waals surface area contributed by atoms with Crippen LogP contribution in [0.1, 0.15) is 42.5 Å². The Morgan fingerprint density at radius 2 is 1.86 bits per heavy atom. The van der Waals surface area contributed by atoms with E-state index in [0.717, 1.165) is 61.6 Å². The Morgan fingerprint density at radius 1 is 1.03 bits per heavy atom. The summed E-state index contributed by atoms with van der Waals surface area (Å²) in [6, 6.07) is 13.5. The first-order chi connectivity index (χ1) is 14.3. The molecule has 1 aliphatic rings. The third kappa shape index (κ3) is 5.08. The molecule has 0 aliphatic carbocycles. The van der Waals surface area contributed by atoms with Crippen LogP contribution in [-0.4, -0.2) is 43.9 Å². The van der Waals surface area contributed by atoms with E-state index in [9.17, 15) is 4.79 Å². The molecule has 6 heteroatoms. The number of hydrogen-bond donors (Lipinski definition) is 0. The second-order valence-electron chi connectivity index (χ2n) is 7.71. The van der Waals surface area contributed by atoms with E-state index in [0.29, 0.717) is 0 Å². The van der Waals surface area contributed by atoms with E-state index in [-0.39, 0.29) is 5.91 Å². The van der Waals surface area contributed by atoms with Crippen LogP contribution in [0, 0.1) is 5.92 Å². The van der Waals surface area contributed by atoms with Crippen LogP contribution in [0.25, 0.3) is 11.3 Å². The highest BCUT2D eigenvalue weighted by molar-refractivity contribution is 5.94. The van der Waals surface area contributed by atoms with E-state index in [1.54, 1.807) is 6.20 Å². The number of hydrogen-bond acceptors (Lipinski definition) is 4. The maximum absolute atomic E-state index is 12.5. The van der Waals surface area contributed by atoms with Crippen LogP contribution in [-0.2, 0) is 6.54 Å². The molecule has 6 nitrogen and oxygen atoms in total. The summed E-state index contributed by atoms with van der Waals surface area (Å²) in [5.41, 5.74) is 2.66. The molecular weight excluding hydrogens is 362 g/mol. The molecule has 1 fully saturated rings. The molecular formula is C23H27N5O. The minimum Gasteiger partial charge on any atom is -0.339 e. The molecule has 0 N–H and O–H groups in total. The zero-order valence-corrected chi connectivity index (χ0v) is 16.7. The number of pyridine rings is 1. The maximum atomic E-state index is 12.5. The van der Waals surface area contributed by atoms with Gasteiger partial charge in [0.1, 0.15) is 5.69 Å². The van der Waals surface area contributed by atoms with Crippen molar-refractivity contribution in [2.75, 3.05) is 13.1 Å². The molecule has 1 aromatic carbocycles. The molecule has 150 valence electrons. The summed E-state index contributed by atoms with van der Waals surface area (Å²) < 4.78 is 1.92. The summed E-state index contributed by atoms with van der Waals surface area (Å²) in [6.07, 6.45) is 11.3. The van der Waals surface area contributed by atoms with Crippen molar-refractivity contribution in [3.05, 3.63) is 66.6 Å². The molecule has 1 amide bonds. The summed E-state index contributed by atoms with van der Waals surface area (Å²) in [4.78, 5) is 18.7. The van der Waals surface area contributed by atoms with Gasteiger partial charge in [-0.3, -0.25) is 14.5 Å². The van der Waals surface area contributed by atoms with Crippen molar-refractivity contribution in [2.45, 2.75) is 38.6 Å². The Bertz CT molecular complexity index is 901. The standard InChI is InChI=1S/C23H27N5O/c29-23(20-8-2-1-3-9-20)27-15-11-19(12-16-27)7-4-5-14-28-18-22(25-26-28)21-10-6-13-24-17-21/h1-3,6,8-10,13,17-19H,4-5,7,11-12,14-16H2. The van der Waals surface area contributed by atoms with Crippen LogP contribution in [0.15, 0.2) is 61.1 Å². The Morgan fingerprint density at radius 3 is 2.62 bits per heavy atom. The van der Waals surface area contributed by atoms with Crippen molar-refractivity contribution < 1.29 is 4.79 Å². The molecule has 1 aliphatic heterocycles. The van der Waals surface area contributed by atoms with E-state index in [2.05, 4.69) is 15.3 Å². The van der Waals surface area contributed by atoms with Gasteiger partial charge in [-0.15, -0.1) is 5.10 Å². The minimum absolute atomic E-state index is 0.166. The van der Waals surface area contributed by atoms with Gasteiger partial charge in [0.05, 0.1) is 6.20 Å². The third-order valence-corrected chi connectivity index (χ3v) is 5.67. The maximum Gasteiger partial charge on any atom is 0.253 e. The molecule has 4 rings (SSSR count). The lowest BCUT2D eigenvalue weighted by atomic mass is 9.91. The summed E-state index contributed by atoms with van der Waals surface area (Å²) >= 11 is 0. The fourth-order valence-corrected chi connectivity index (χ4v) is 3.95. The quantitative estimate of drug-likeness (QED) is 0.572. The normalized spacial score (nSPS) is 14.8. The molecule has 29 heavy (non-hydrogen) atoms. The van der Waals surface area contributed by atoms with Crippen LogP contribution >= 0.6 is 0 Å². The first-order valence-corrected chi connectivity index (χ1v) is 10.4. The van der Waals surface area contributed by atoms with Crippen molar-refractivity contribution in [3.63, 3.8) is 0 Å². The Labute approximate surface area is 171 Å². The number of aromatic nitrogens is 4. The molecule has 3 heterocycles. The number of carbonyl (C=O) groups is 1. The van der Waals surface area contributed by atoms with E-state index < -0.39 is 0 Å². The van der Waals surface area contributed by atoms with Crippen LogP contribution in [0.2, 0.25) is 0 Å². The minimum atomic E-state index is 0.166. The average molecular weight is 390 g/mol. The van der Waals surface area contributed by atoms with Crippen LogP contribution < -0.4 is 0 Å². The Kier molecular flexibility index (Phi) is 6.29. The van der Waals surface area contributed by atoms with E-state index in [1.807, 2.05) is 64.4 Å². The number of piperidine rings is 1. The van der Waals surface area contributed by atoms with Gasteiger partial charge in [0.2, 0.25) is 0 Å². The van der Waals surface area contributed by atoms with Gasteiger partial charge < -0.3 is 4.90 Å². The number of unbranched alkanes of at least 4 members (excludes halogenated alkanes) is 1. The van der Waals surface area contributed by atoms with Crippen molar-refractivity contribution >= 4 is 5.91 Å². The number of nitrogens with zero attached hydrogens (tertiary/aromatic N) is 5. The Hall–Kier alpha value is -3.02. The summed E-state index contributed by atoms with van der Waals surface area (Å²) in [7, 11) is 0. The van der Waals surface area contributed by atoms with E-state index in [4.69, 9.17) is 0 Å². The number of likely N-dealkylation sites (tertiary alicyclic amines) is 1. The number of benzene rings is 1. The lowest BCUT2D eigenvalue weighted by Gasteiger charge is -2.32. The third-order valence-electron chi connectivity index (χ3n) is 5.67. The van der Waals surface area contributed by atoms with Gasteiger partial charge in [-0.05, 0) is 49.4 Å². The number of carbonyl (C=O) groups excluding carboxylic acids is 1. The largest absolute Gasteiger partial charge is 0.339 e. The van der Waals surface area contributed by atoms with Crippen molar-refractivity contribution in [2.24, 2.45) is 5.92 Å². The van der Waals surface area contributed by atoms with E-state index in [1.165, 1.54) is 12.8 Å². The predicted octanol–water partition coefficient (Wildman–Crippen LogP) is 4.06. The number of amides is 1. The lowest BCUT2D eigenvalue weighted by Crippen LogP contribution is -2.38. The van der Waals surface area contributed by atoms with Gasteiger partial charge >= 0.3 is 0 Å². The van der Waals surface area contributed by atoms with Crippen LogP contribution in [0.3, 0.4) is 0 Å². The van der Waals surface area contributed by atoms with Gasteiger partial charge in [-0.1, -0.05) is 36.3 Å². The number of aryl methyl sites for hydroxylation is 1. The fourth-order valence-electron chi connectivity index (χ4n) is 3.95. The monoisotopic (exact) mass is 389 g/mol. The van der Waals surface area contributed by atoms with Crippen molar-refractivity contribution in [1.29, 1.82) is 0 Å². The van der Waals surface area contributed by atoms with Crippen LogP contribution in [0.4, 0.5) is 0 Å². The molecule has 0 spiro atoms. The predicted molar refractivity (Wildman–Crippen MR) is 112 cm³/mol. The van der Waals surface area contributed by atoms with Gasteiger partial charge in [0.25, 0.3) is 5.91 Å². The SMILES string of the molecule is O=C(c1ccccc1)N1CCC(CCCCn2cc(-c3cccnc3)nn2)CC1. The van der Waals surface area contributed by atoms with E-state index >= 15 is 0 Å². The van der Waals surface area contributed by atoms with Gasteiger partial charge in [-0.25, -0.2) is 0 Å². The highest BCUT2D eigenvalue weighted by atomic mass is 16.2. The topological polar surface area (TPSA) is 63.9 Å². The van der Waals surface area contributed by atoms with Crippen molar-refractivity contribution in [3.8, 4) is 11.3 Å². The zero-order valence-electron chi connectivity index (χ0n) is 16.7. The molecule has 0 bridgehead atoms. The summed E-state index contributed by atoms with van der Waals surface area (Å²) in [6.45, 7) is 2.63. The average Bonchev–Trinajstić information content (AvgIpc) is 3.27. The summed E-state index contributed by atoms with van der Waals surface area (Å²) in [5, 5.41) is 8.47.